The van der Waals surface area contributed by atoms with E-state index in [1.54, 1.807) is 0 Å². The minimum absolute atomic E-state index is 0.474. The van der Waals surface area contributed by atoms with Gasteiger partial charge in [0.2, 0.25) is 0 Å². The number of nitrogens with one attached hydrogen (secondary N) is 1. The maximum absolute atomic E-state index is 10.9. The highest BCUT2D eigenvalue weighted by molar-refractivity contribution is 5.22. The molecule has 1 aromatic rings. The van der Waals surface area contributed by atoms with Crippen LogP contribution in [0, 0.1) is 0 Å². The first kappa shape index (κ1) is 16.5. The van der Waals surface area contributed by atoms with Gasteiger partial charge in [0.1, 0.15) is 0 Å². The highest BCUT2D eigenvalue weighted by Gasteiger charge is 2.33. The van der Waals surface area contributed by atoms with Crippen LogP contribution in [-0.2, 0) is 5.60 Å². The van der Waals surface area contributed by atoms with Crippen molar-refractivity contribution in [3.05, 3.63) is 35.9 Å². The minimum atomic E-state index is -0.789. The van der Waals surface area contributed by atoms with Gasteiger partial charge in [0.15, 0.2) is 0 Å². The maximum atomic E-state index is 10.9. The molecule has 1 fully saturated rings. The number of hydrogen-bond acceptors (Lipinski definition) is 3. The van der Waals surface area contributed by atoms with Gasteiger partial charge in [-0.05, 0) is 45.3 Å². The maximum Gasteiger partial charge on any atom is 0.0994 e. The van der Waals surface area contributed by atoms with E-state index in [4.69, 9.17) is 0 Å². The summed E-state index contributed by atoms with van der Waals surface area (Å²) < 4.78 is 0. The van der Waals surface area contributed by atoms with Crippen molar-refractivity contribution in [2.75, 3.05) is 19.6 Å². The third-order valence-electron chi connectivity index (χ3n) is 4.67. The molecule has 0 radical (unpaired) electrons. The zero-order valence-corrected chi connectivity index (χ0v) is 13.7. The highest BCUT2D eigenvalue weighted by atomic mass is 16.3. The molecule has 2 N–H and O–H groups in total. The second-order valence-corrected chi connectivity index (χ2v) is 6.52. The Morgan fingerprint density at radius 3 is 2.71 bits per heavy atom. The lowest BCUT2D eigenvalue weighted by molar-refractivity contribution is -0.0131. The lowest BCUT2D eigenvalue weighted by Gasteiger charge is -2.43. The number of likely N-dealkylation sites (N-methyl/N-ethyl adjacent to an activating group) is 1. The summed E-state index contributed by atoms with van der Waals surface area (Å²) in [5, 5.41) is 14.5. The Morgan fingerprint density at radius 1 is 1.33 bits per heavy atom. The number of hydrogen-bond donors (Lipinski definition) is 2. The quantitative estimate of drug-likeness (QED) is 0.845. The summed E-state index contributed by atoms with van der Waals surface area (Å²) in [6.45, 7) is 9.15. The topological polar surface area (TPSA) is 35.5 Å². The SMILES string of the molecule is CCNC(C)C1CCCCN1CC(C)(O)c1ccccc1. The molecule has 1 aromatic carbocycles. The fourth-order valence-electron chi connectivity index (χ4n) is 3.52. The van der Waals surface area contributed by atoms with Crippen LogP contribution in [-0.4, -0.2) is 41.7 Å². The van der Waals surface area contributed by atoms with Crippen molar-refractivity contribution < 1.29 is 5.11 Å². The molecule has 1 heterocycles. The molecule has 0 spiro atoms. The first-order chi connectivity index (χ1) is 10.0. The normalized spacial score (nSPS) is 24.5. The van der Waals surface area contributed by atoms with E-state index in [1.807, 2.05) is 37.3 Å². The van der Waals surface area contributed by atoms with Gasteiger partial charge >= 0.3 is 0 Å². The summed E-state index contributed by atoms with van der Waals surface area (Å²) in [5.74, 6) is 0. The summed E-state index contributed by atoms with van der Waals surface area (Å²) >= 11 is 0. The van der Waals surface area contributed by atoms with E-state index in [1.165, 1.54) is 19.3 Å². The molecule has 2 rings (SSSR count). The molecule has 0 aromatic heterocycles. The Labute approximate surface area is 129 Å². The number of piperidine rings is 1. The van der Waals surface area contributed by atoms with Gasteiger partial charge in [0.25, 0.3) is 0 Å². The lowest BCUT2D eigenvalue weighted by Crippen LogP contribution is -2.54. The lowest BCUT2D eigenvalue weighted by atomic mass is 9.91. The van der Waals surface area contributed by atoms with Gasteiger partial charge in [-0.25, -0.2) is 0 Å². The second-order valence-electron chi connectivity index (χ2n) is 6.52. The van der Waals surface area contributed by atoms with E-state index in [0.717, 1.165) is 18.7 Å². The molecule has 0 amide bonds. The van der Waals surface area contributed by atoms with Gasteiger partial charge in [0.05, 0.1) is 5.60 Å². The van der Waals surface area contributed by atoms with Crippen molar-refractivity contribution in [1.82, 2.24) is 10.2 Å². The first-order valence-corrected chi connectivity index (χ1v) is 8.30. The zero-order chi connectivity index (χ0) is 15.3. The Bertz CT molecular complexity index is 418. The molecule has 1 aliphatic rings. The zero-order valence-electron chi connectivity index (χ0n) is 13.7. The predicted molar refractivity (Wildman–Crippen MR) is 88.4 cm³/mol. The average Bonchev–Trinajstić information content (AvgIpc) is 2.48. The molecular formula is C18H30N2O. The van der Waals surface area contributed by atoms with Crippen molar-refractivity contribution in [2.45, 2.75) is 57.7 Å². The van der Waals surface area contributed by atoms with Crippen LogP contribution in [0.5, 0.6) is 0 Å². The molecule has 1 aliphatic heterocycles. The van der Waals surface area contributed by atoms with Crippen LogP contribution in [0.25, 0.3) is 0 Å². The van der Waals surface area contributed by atoms with Gasteiger partial charge < -0.3 is 10.4 Å². The monoisotopic (exact) mass is 290 g/mol. The fourth-order valence-corrected chi connectivity index (χ4v) is 3.52. The standard InChI is InChI=1S/C18H30N2O/c1-4-19-15(2)17-12-8-9-13-20(17)14-18(3,21)16-10-6-5-7-11-16/h5-7,10-11,15,17,19,21H,4,8-9,12-14H2,1-3H3. The summed E-state index contributed by atoms with van der Waals surface area (Å²) in [4.78, 5) is 2.48. The number of β-amino-alcohol motifs (C(OH)–C–C–N with tert-alkyl or cyclic N) is 1. The van der Waals surface area contributed by atoms with E-state index < -0.39 is 5.60 Å². The highest BCUT2D eigenvalue weighted by Crippen LogP contribution is 2.27. The van der Waals surface area contributed by atoms with Crippen molar-refractivity contribution in [3.8, 4) is 0 Å². The summed E-state index contributed by atoms with van der Waals surface area (Å²) in [6, 6.07) is 11.0. The number of nitrogens with zero attached hydrogens (tertiary/aromatic N) is 1. The number of benzene rings is 1. The van der Waals surface area contributed by atoms with Crippen LogP contribution in [0.4, 0.5) is 0 Å². The van der Waals surface area contributed by atoms with Gasteiger partial charge in [-0.3, -0.25) is 4.90 Å². The van der Waals surface area contributed by atoms with E-state index in [9.17, 15) is 5.11 Å². The molecule has 3 unspecified atom stereocenters. The number of likely N-dealkylation sites (tertiary alicyclic amines) is 1. The second kappa shape index (κ2) is 7.39. The van der Waals surface area contributed by atoms with Gasteiger partial charge in [0, 0.05) is 18.6 Å². The van der Waals surface area contributed by atoms with Crippen molar-refractivity contribution >= 4 is 0 Å². The Hall–Kier alpha value is -0.900. The first-order valence-electron chi connectivity index (χ1n) is 8.30. The molecule has 3 atom stereocenters. The summed E-state index contributed by atoms with van der Waals surface area (Å²) in [7, 11) is 0. The Balaban J connectivity index is 2.08. The molecule has 3 nitrogen and oxygen atoms in total. The molecule has 21 heavy (non-hydrogen) atoms. The number of aliphatic hydroxyl groups is 1. The van der Waals surface area contributed by atoms with E-state index >= 15 is 0 Å². The molecule has 0 bridgehead atoms. The van der Waals surface area contributed by atoms with Gasteiger partial charge in [-0.1, -0.05) is 43.7 Å². The Morgan fingerprint density at radius 2 is 2.05 bits per heavy atom. The summed E-state index contributed by atoms with van der Waals surface area (Å²) in [6.07, 6.45) is 3.75. The molecule has 0 saturated carbocycles. The fraction of sp³-hybridized carbons (Fsp3) is 0.667. The van der Waals surface area contributed by atoms with Gasteiger partial charge in [-0.15, -0.1) is 0 Å². The number of rotatable bonds is 6. The van der Waals surface area contributed by atoms with Crippen molar-refractivity contribution in [2.24, 2.45) is 0 Å². The molecule has 118 valence electrons. The van der Waals surface area contributed by atoms with Gasteiger partial charge in [-0.2, -0.15) is 0 Å². The predicted octanol–water partition coefficient (Wildman–Crippen LogP) is 2.75. The molecular weight excluding hydrogens is 260 g/mol. The summed E-state index contributed by atoms with van der Waals surface area (Å²) in [5.41, 5.74) is 0.216. The van der Waals surface area contributed by atoms with Crippen molar-refractivity contribution in [1.29, 1.82) is 0 Å². The van der Waals surface area contributed by atoms with E-state index in [-0.39, 0.29) is 0 Å². The third-order valence-corrected chi connectivity index (χ3v) is 4.67. The molecule has 1 saturated heterocycles. The molecule has 0 aliphatic carbocycles. The van der Waals surface area contributed by atoms with Crippen LogP contribution >= 0.6 is 0 Å². The largest absolute Gasteiger partial charge is 0.384 e. The van der Waals surface area contributed by atoms with Crippen LogP contribution < -0.4 is 5.32 Å². The average molecular weight is 290 g/mol. The Kier molecular flexibility index (Phi) is 5.80. The third kappa shape index (κ3) is 4.29. The molecule has 3 heteroatoms. The smallest absolute Gasteiger partial charge is 0.0994 e. The van der Waals surface area contributed by atoms with Crippen molar-refractivity contribution in [3.63, 3.8) is 0 Å². The van der Waals surface area contributed by atoms with Crippen LogP contribution in [0.2, 0.25) is 0 Å². The van der Waals surface area contributed by atoms with E-state index in [0.29, 0.717) is 18.6 Å². The van der Waals surface area contributed by atoms with Crippen LogP contribution in [0.1, 0.15) is 45.6 Å². The van der Waals surface area contributed by atoms with E-state index in [2.05, 4.69) is 24.1 Å². The van der Waals surface area contributed by atoms with Crippen LogP contribution in [0.15, 0.2) is 30.3 Å². The van der Waals surface area contributed by atoms with Crippen LogP contribution in [0.3, 0.4) is 0 Å². The minimum Gasteiger partial charge on any atom is -0.384 e.